The number of nitrogens with two attached hydrogens (primary N) is 1. The molecule has 7 heteroatoms. The normalized spacial score (nSPS) is 17.4. The quantitative estimate of drug-likeness (QED) is 0.659. The van der Waals surface area contributed by atoms with Crippen LogP contribution in [0.15, 0.2) is 23.1 Å². The Hall–Kier alpha value is -1.31. The van der Waals surface area contributed by atoms with Crippen molar-refractivity contribution in [3.8, 4) is 5.75 Å². The van der Waals surface area contributed by atoms with Crippen molar-refractivity contribution >= 4 is 15.7 Å². The summed E-state index contributed by atoms with van der Waals surface area (Å²) in [7, 11) is -2.24. The highest BCUT2D eigenvalue weighted by Gasteiger charge is 2.45. The summed E-state index contributed by atoms with van der Waals surface area (Å²) >= 11 is 0. The minimum atomic E-state index is -3.66. The van der Waals surface area contributed by atoms with Crippen LogP contribution in [-0.4, -0.2) is 32.8 Å². The van der Waals surface area contributed by atoms with Crippen LogP contribution in [0.25, 0.3) is 0 Å². The molecule has 6 nitrogen and oxygen atoms in total. The van der Waals surface area contributed by atoms with Gasteiger partial charge in [-0.2, -0.15) is 0 Å². The second-order valence-corrected chi connectivity index (χ2v) is 6.13. The zero-order valence-electron chi connectivity index (χ0n) is 10.0. The molecule has 1 aliphatic rings. The van der Waals surface area contributed by atoms with Gasteiger partial charge in [-0.3, -0.25) is 0 Å². The Balaban J connectivity index is 2.30. The van der Waals surface area contributed by atoms with E-state index in [-0.39, 0.29) is 11.5 Å². The van der Waals surface area contributed by atoms with Crippen molar-refractivity contribution in [2.45, 2.75) is 23.3 Å². The van der Waals surface area contributed by atoms with E-state index >= 15 is 0 Å². The average molecular weight is 272 g/mol. The molecule has 0 aromatic heterocycles. The molecule has 1 saturated carbocycles. The minimum absolute atomic E-state index is 0.0771. The molecule has 2 rings (SSSR count). The summed E-state index contributed by atoms with van der Waals surface area (Å²) in [6.07, 6.45) is 1.30. The first-order valence-electron chi connectivity index (χ1n) is 5.51. The van der Waals surface area contributed by atoms with Gasteiger partial charge >= 0.3 is 0 Å². The minimum Gasteiger partial charge on any atom is -0.495 e. The maximum atomic E-state index is 12.1. The molecular weight excluding hydrogens is 256 g/mol. The van der Waals surface area contributed by atoms with E-state index in [2.05, 4.69) is 4.72 Å². The van der Waals surface area contributed by atoms with Gasteiger partial charge in [0.05, 0.1) is 29.8 Å². The number of aliphatic hydroxyl groups excluding tert-OH is 1. The summed E-state index contributed by atoms with van der Waals surface area (Å²) in [6.45, 7) is -0.196. The van der Waals surface area contributed by atoms with E-state index in [9.17, 15) is 8.42 Å². The predicted molar refractivity (Wildman–Crippen MR) is 66.8 cm³/mol. The zero-order valence-corrected chi connectivity index (χ0v) is 10.8. The fraction of sp³-hybridized carbons (Fsp3) is 0.455. The number of rotatable bonds is 5. The largest absolute Gasteiger partial charge is 0.495 e. The van der Waals surface area contributed by atoms with Crippen LogP contribution in [0.2, 0.25) is 0 Å². The van der Waals surface area contributed by atoms with Crippen molar-refractivity contribution in [3.05, 3.63) is 18.2 Å². The Morgan fingerprint density at radius 1 is 1.50 bits per heavy atom. The topological polar surface area (TPSA) is 102 Å². The van der Waals surface area contributed by atoms with Gasteiger partial charge in [-0.15, -0.1) is 0 Å². The summed E-state index contributed by atoms with van der Waals surface area (Å²) in [5.41, 5.74) is 5.32. The third kappa shape index (κ3) is 2.43. The number of nitrogens with one attached hydrogen (secondary N) is 1. The number of ether oxygens (including phenoxy) is 1. The molecule has 0 atom stereocenters. The molecule has 1 aromatic carbocycles. The number of sulfonamides is 1. The lowest BCUT2D eigenvalue weighted by atomic mass is 10.3. The number of hydrogen-bond acceptors (Lipinski definition) is 5. The second kappa shape index (κ2) is 4.42. The van der Waals surface area contributed by atoms with E-state index < -0.39 is 15.6 Å². The van der Waals surface area contributed by atoms with Gasteiger partial charge in [0.15, 0.2) is 0 Å². The van der Waals surface area contributed by atoms with Gasteiger partial charge < -0.3 is 15.6 Å². The molecule has 1 aliphatic carbocycles. The van der Waals surface area contributed by atoms with E-state index in [1.165, 1.54) is 25.3 Å². The van der Waals surface area contributed by atoms with Crippen molar-refractivity contribution < 1.29 is 18.3 Å². The summed E-state index contributed by atoms with van der Waals surface area (Å²) in [5.74, 6) is 0.312. The van der Waals surface area contributed by atoms with Crippen LogP contribution in [0, 0.1) is 0 Å². The summed E-state index contributed by atoms with van der Waals surface area (Å²) in [4.78, 5) is 0.0771. The average Bonchev–Trinajstić information content (AvgIpc) is 3.09. The number of hydrogen-bond donors (Lipinski definition) is 3. The molecule has 100 valence electrons. The van der Waals surface area contributed by atoms with Crippen LogP contribution in [0.5, 0.6) is 5.75 Å². The Bertz CT molecular complexity index is 552. The number of benzene rings is 1. The smallest absolute Gasteiger partial charge is 0.241 e. The highest BCUT2D eigenvalue weighted by molar-refractivity contribution is 7.89. The third-order valence-electron chi connectivity index (χ3n) is 3.02. The lowest BCUT2D eigenvalue weighted by molar-refractivity contribution is 0.246. The molecule has 0 aliphatic heterocycles. The van der Waals surface area contributed by atoms with E-state index in [1.54, 1.807) is 0 Å². The first-order valence-corrected chi connectivity index (χ1v) is 6.99. The first-order chi connectivity index (χ1) is 8.42. The third-order valence-corrected chi connectivity index (χ3v) is 4.60. The number of anilines is 1. The molecule has 1 aromatic rings. The highest BCUT2D eigenvalue weighted by Crippen LogP contribution is 2.36. The van der Waals surface area contributed by atoms with Crippen LogP contribution >= 0.6 is 0 Å². The standard InChI is InChI=1S/C11H16N2O4S/c1-17-10-6-8(2-3-9(10)12)18(15,16)13-11(7-14)4-5-11/h2-3,6,13-14H,4-5,7,12H2,1H3. The van der Waals surface area contributed by atoms with Crippen LogP contribution in [0.3, 0.4) is 0 Å². The van der Waals surface area contributed by atoms with Gasteiger partial charge in [0.2, 0.25) is 10.0 Å². The molecule has 0 heterocycles. The van der Waals surface area contributed by atoms with Gasteiger partial charge in [-0.25, -0.2) is 13.1 Å². The van der Waals surface area contributed by atoms with E-state index in [0.29, 0.717) is 24.3 Å². The Morgan fingerprint density at radius 2 is 2.17 bits per heavy atom. The van der Waals surface area contributed by atoms with Crippen molar-refractivity contribution in [2.75, 3.05) is 19.5 Å². The molecule has 4 N–H and O–H groups in total. The Kier molecular flexibility index (Phi) is 3.22. The number of aliphatic hydroxyl groups is 1. The number of nitrogen functional groups attached to an aromatic ring is 1. The number of methoxy groups -OCH3 is 1. The van der Waals surface area contributed by atoms with E-state index in [1.807, 2.05) is 0 Å². The van der Waals surface area contributed by atoms with Crippen LogP contribution in [0.4, 0.5) is 5.69 Å². The molecule has 0 spiro atoms. The molecular formula is C11H16N2O4S. The summed E-state index contributed by atoms with van der Waals surface area (Å²) in [6, 6.07) is 4.25. The van der Waals surface area contributed by atoms with Crippen LogP contribution in [0.1, 0.15) is 12.8 Å². The lowest BCUT2D eigenvalue weighted by Gasteiger charge is -2.15. The molecule has 0 saturated heterocycles. The SMILES string of the molecule is COc1cc(S(=O)(=O)NC2(CO)CC2)ccc1N. The fourth-order valence-corrected chi connectivity index (χ4v) is 3.11. The monoisotopic (exact) mass is 272 g/mol. The van der Waals surface area contributed by atoms with Gasteiger partial charge in [0.1, 0.15) is 5.75 Å². The van der Waals surface area contributed by atoms with E-state index in [0.717, 1.165) is 0 Å². The van der Waals surface area contributed by atoms with Crippen molar-refractivity contribution in [1.82, 2.24) is 4.72 Å². The summed E-state index contributed by atoms with van der Waals surface area (Å²) in [5, 5.41) is 9.14. The van der Waals surface area contributed by atoms with Crippen molar-refractivity contribution in [3.63, 3.8) is 0 Å². The summed E-state index contributed by atoms with van der Waals surface area (Å²) < 4.78 is 31.7. The predicted octanol–water partition coefficient (Wildman–Crippen LogP) is 0.0806. The van der Waals surface area contributed by atoms with Gasteiger partial charge in [-0.1, -0.05) is 0 Å². The van der Waals surface area contributed by atoms with Crippen molar-refractivity contribution in [2.24, 2.45) is 0 Å². The molecule has 0 bridgehead atoms. The Morgan fingerprint density at radius 3 is 2.67 bits per heavy atom. The highest BCUT2D eigenvalue weighted by atomic mass is 32.2. The van der Waals surface area contributed by atoms with E-state index in [4.69, 9.17) is 15.6 Å². The molecule has 0 unspecified atom stereocenters. The molecule has 1 fully saturated rings. The lowest BCUT2D eigenvalue weighted by Crippen LogP contribution is -2.39. The second-order valence-electron chi connectivity index (χ2n) is 4.45. The molecule has 0 amide bonds. The van der Waals surface area contributed by atoms with Gasteiger partial charge in [0, 0.05) is 6.07 Å². The van der Waals surface area contributed by atoms with Gasteiger partial charge in [0.25, 0.3) is 0 Å². The Labute approximate surface area is 106 Å². The van der Waals surface area contributed by atoms with Gasteiger partial charge in [-0.05, 0) is 25.0 Å². The van der Waals surface area contributed by atoms with Crippen molar-refractivity contribution in [1.29, 1.82) is 0 Å². The maximum absolute atomic E-state index is 12.1. The fourth-order valence-electron chi connectivity index (χ4n) is 1.65. The molecule has 18 heavy (non-hydrogen) atoms. The molecule has 0 radical (unpaired) electrons. The zero-order chi connectivity index (χ0) is 13.4. The van der Waals surface area contributed by atoms with Crippen LogP contribution in [-0.2, 0) is 10.0 Å². The first kappa shape index (κ1) is 13.1. The van der Waals surface area contributed by atoms with Crippen LogP contribution < -0.4 is 15.2 Å². The maximum Gasteiger partial charge on any atom is 0.241 e.